The Morgan fingerprint density at radius 2 is 1.94 bits per heavy atom. The van der Waals surface area contributed by atoms with Gasteiger partial charge in [-0.3, -0.25) is 9.59 Å². The van der Waals surface area contributed by atoms with Gasteiger partial charge in [-0.25, -0.2) is 0 Å². The summed E-state index contributed by atoms with van der Waals surface area (Å²) in [7, 11) is 0. The van der Waals surface area contributed by atoms with Crippen LogP contribution in [0.2, 0.25) is 0 Å². The van der Waals surface area contributed by atoms with Crippen molar-refractivity contribution in [3.05, 3.63) is 47.2 Å². The first-order valence-electron chi connectivity index (χ1n) is 4.91. The molecule has 2 N–H and O–H groups in total. The van der Waals surface area contributed by atoms with E-state index >= 15 is 0 Å². The summed E-state index contributed by atoms with van der Waals surface area (Å²) in [5, 5.41) is 12.1. The van der Waals surface area contributed by atoms with E-state index < -0.39 is 17.7 Å². The van der Waals surface area contributed by atoms with Crippen molar-refractivity contribution in [3.8, 4) is 0 Å². The second kappa shape index (κ2) is 3.81. The van der Waals surface area contributed by atoms with Crippen molar-refractivity contribution in [2.45, 2.75) is 13.0 Å². The highest BCUT2D eigenvalue weighted by atomic mass is 16.3. The molecule has 0 fully saturated rings. The van der Waals surface area contributed by atoms with Gasteiger partial charge in [0.1, 0.15) is 0 Å². The van der Waals surface area contributed by atoms with E-state index in [1.165, 1.54) is 6.92 Å². The first-order valence-corrected chi connectivity index (χ1v) is 4.91. The van der Waals surface area contributed by atoms with Crippen molar-refractivity contribution in [3.63, 3.8) is 0 Å². The highest BCUT2D eigenvalue weighted by Gasteiger charge is 2.34. The summed E-state index contributed by atoms with van der Waals surface area (Å²) in [5.74, 6) is -1.37. The highest BCUT2D eigenvalue weighted by molar-refractivity contribution is 6.08. The van der Waals surface area contributed by atoms with Gasteiger partial charge in [-0.15, -0.1) is 0 Å². The minimum atomic E-state index is -0.598. The lowest BCUT2D eigenvalue weighted by molar-refractivity contribution is -0.119. The SMILES string of the molecule is CC(=O)C1=C(O)C(=O)N[C@H]1c1ccccc1. The van der Waals surface area contributed by atoms with Crippen LogP contribution in [0.3, 0.4) is 0 Å². The number of aliphatic hydroxyl groups is 1. The van der Waals surface area contributed by atoms with Gasteiger partial charge < -0.3 is 10.4 Å². The molecule has 1 aliphatic rings. The normalized spacial score (nSPS) is 19.8. The average Bonchev–Trinajstić information content (AvgIpc) is 2.57. The van der Waals surface area contributed by atoms with Crippen LogP contribution in [0.5, 0.6) is 0 Å². The van der Waals surface area contributed by atoms with Crippen LogP contribution in [0, 0.1) is 0 Å². The van der Waals surface area contributed by atoms with E-state index in [2.05, 4.69) is 5.32 Å². The van der Waals surface area contributed by atoms with Gasteiger partial charge in [-0.2, -0.15) is 0 Å². The van der Waals surface area contributed by atoms with Gasteiger partial charge in [0.05, 0.1) is 11.6 Å². The van der Waals surface area contributed by atoms with E-state index in [4.69, 9.17) is 0 Å². The van der Waals surface area contributed by atoms with E-state index in [0.29, 0.717) is 0 Å². The predicted molar refractivity (Wildman–Crippen MR) is 57.7 cm³/mol. The predicted octanol–water partition coefficient (Wildman–Crippen LogP) is 1.26. The molecule has 1 amide bonds. The fourth-order valence-corrected chi connectivity index (χ4v) is 1.80. The number of ketones is 1. The Bertz CT molecular complexity index is 476. The molecule has 4 heteroatoms. The third kappa shape index (κ3) is 1.58. The molecule has 16 heavy (non-hydrogen) atoms. The van der Waals surface area contributed by atoms with Gasteiger partial charge in [0.25, 0.3) is 5.91 Å². The van der Waals surface area contributed by atoms with Crippen LogP contribution in [0.25, 0.3) is 0 Å². The molecule has 1 aromatic rings. The van der Waals surface area contributed by atoms with Gasteiger partial charge in [0.2, 0.25) is 0 Å². The lowest BCUT2D eigenvalue weighted by atomic mass is 9.98. The molecular formula is C12H11NO3. The lowest BCUT2D eigenvalue weighted by Gasteiger charge is -2.12. The van der Waals surface area contributed by atoms with E-state index in [1.54, 1.807) is 12.1 Å². The molecule has 1 atom stereocenters. The zero-order valence-corrected chi connectivity index (χ0v) is 8.73. The van der Waals surface area contributed by atoms with Crippen molar-refractivity contribution in [1.29, 1.82) is 0 Å². The van der Waals surface area contributed by atoms with Crippen LogP contribution in [-0.4, -0.2) is 16.8 Å². The molecule has 0 aliphatic carbocycles. The zero-order valence-electron chi connectivity index (χ0n) is 8.73. The molecule has 1 heterocycles. The summed E-state index contributed by atoms with van der Waals surface area (Å²) in [6.45, 7) is 1.34. The van der Waals surface area contributed by atoms with Crippen LogP contribution in [-0.2, 0) is 9.59 Å². The van der Waals surface area contributed by atoms with Gasteiger partial charge in [-0.1, -0.05) is 30.3 Å². The van der Waals surface area contributed by atoms with Crippen LogP contribution in [0.15, 0.2) is 41.7 Å². The van der Waals surface area contributed by atoms with Crippen molar-refractivity contribution in [1.82, 2.24) is 5.32 Å². The van der Waals surface area contributed by atoms with Gasteiger partial charge in [-0.05, 0) is 12.5 Å². The number of benzene rings is 1. The third-order valence-electron chi connectivity index (χ3n) is 2.55. The maximum atomic E-state index is 11.4. The van der Waals surface area contributed by atoms with Crippen LogP contribution in [0.1, 0.15) is 18.5 Å². The fraction of sp³-hybridized carbons (Fsp3) is 0.167. The Labute approximate surface area is 92.6 Å². The number of carbonyl (C=O) groups excluding carboxylic acids is 2. The summed E-state index contributed by atoms with van der Waals surface area (Å²) in [6.07, 6.45) is 0. The first kappa shape index (κ1) is 10.4. The van der Waals surface area contributed by atoms with Crippen LogP contribution >= 0.6 is 0 Å². The summed E-state index contributed by atoms with van der Waals surface area (Å²) >= 11 is 0. The third-order valence-corrected chi connectivity index (χ3v) is 2.55. The molecule has 0 unspecified atom stereocenters. The summed E-state index contributed by atoms with van der Waals surface area (Å²) in [4.78, 5) is 22.7. The number of Topliss-reactive ketones (excluding diaryl/α,β-unsaturated/α-hetero) is 1. The first-order chi connectivity index (χ1) is 7.61. The van der Waals surface area contributed by atoms with Crippen molar-refractivity contribution < 1.29 is 14.7 Å². The topological polar surface area (TPSA) is 66.4 Å². The minimum Gasteiger partial charge on any atom is -0.503 e. The second-order valence-corrected chi connectivity index (χ2v) is 3.64. The van der Waals surface area contributed by atoms with E-state index in [-0.39, 0.29) is 11.4 Å². The highest BCUT2D eigenvalue weighted by Crippen LogP contribution is 2.29. The molecule has 82 valence electrons. The Morgan fingerprint density at radius 1 is 1.31 bits per heavy atom. The molecule has 0 spiro atoms. The number of nitrogens with one attached hydrogen (secondary N) is 1. The molecule has 4 nitrogen and oxygen atoms in total. The standard InChI is InChI=1S/C12H11NO3/c1-7(14)9-10(13-12(16)11(9)15)8-5-3-2-4-6-8/h2-6,10,15H,1H3,(H,13,16)/t10-/m0/s1. The number of hydrogen-bond donors (Lipinski definition) is 2. The monoisotopic (exact) mass is 217 g/mol. The quantitative estimate of drug-likeness (QED) is 0.783. The number of hydrogen-bond acceptors (Lipinski definition) is 3. The lowest BCUT2D eigenvalue weighted by Crippen LogP contribution is -2.23. The molecular weight excluding hydrogens is 206 g/mol. The number of carbonyl (C=O) groups is 2. The molecule has 0 saturated carbocycles. The number of aliphatic hydroxyl groups excluding tert-OH is 1. The number of amides is 1. The maximum absolute atomic E-state index is 11.4. The molecule has 1 aromatic carbocycles. The molecule has 1 aliphatic heterocycles. The van der Waals surface area contributed by atoms with Gasteiger partial charge >= 0.3 is 0 Å². The molecule has 0 bridgehead atoms. The van der Waals surface area contributed by atoms with Crippen molar-refractivity contribution in [2.24, 2.45) is 0 Å². The smallest absolute Gasteiger partial charge is 0.287 e. The Kier molecular flexibility index (Phi) is 2.48. The summed E-state index contributed by atoms with van der Waals surface area (Å²) in [5.41, 5.74) is 0.918. The van der Waals surface area contributed by atoms with Crippen molar-refractivity contribution >= 4 is 11.7 Å². The Balaban J connectivity index is 2.45. The largest absolute Gasteiger partial charge is 0.503 e. The fourth-order valence-electron chi connectivity index (χ4n) is 1.80. The van der Waals surface area contributed by atoms with Crippen molar-refractivity contribution in [2.75, 3.05) is 0 Å². The van der Waals surface area contributed by atoms with E-state index in [1.807, 2.05) is 18.2 Å². The van der Waals surface area contributed by atoms with E-state index in [9.17, 15) is 14.7 Å². The second-order valence-electron chi connectivity index (χ2n) is 3.64. The van der Waals surface area contributed by atoms with E-state index in [0.717, 1.165) is 5.56 Å². The Hall–Kier alpha value is -2.10. The molecule has 0 saturated heterocycles. The molecule has 2 rings (SSSR count). The van der Waals surface area contributed by atoms with Gasteiger partial charge in [0, 0.05) is 0 Å². The summed E-state index contributed by atoms with van der Waals surface area (Å²) in [6, 6.07) is 8.53. The average molecular weight is 217 g/mol. The number of rotatable bonds is 2. The molecule has 0 radical (unpaired) electrons. The summed E-state index contributed by atoms with van der Waals surface area (Å²) < 4.78 is 0. The zero-order chi connectivity index (χ0) is 11.7. The Morgan fingerprint density at radius 3 is 2.50 bits per heavy atom. The van der Waals surface area contributed by atoms with Crippen LogP contribution < -0.4 is 5.32 Å². The molecule has 0 aromatic heterocycles. The van der Waals surface area contributed by atoms with Gasteiger partial charge in [0.15, 0.2) is 11.5 Å². The van der Waals surface area contributed by atoms with Crippen LogP contribution in [0.4, 0.5) is 0 Å². The maximum Gasteiger partial charge on any atom is 0.287 e. The minimum absolute atomic E-state index is 0.135.